The van der Waals surface area contributed by atoms with Crippen molar-refractivity contribution in [3.63, 3.8) is 0 Å². The molecule has 1 aromatic heterocycles. The summed E-state index contributed by atoms with van der Waals surface area (Å²) in [6, 6.07) is 8.06. The Kier molecular flexibility index (Phi) is 3.56. The number of carbonyl (C=O) groups is 1. The second-order valence-electron chi connectivity index (χ2n) is 4.88. The second kappa shape index (κ2) is 5.36. The number of hydrogen-bond donors (Lipinski definition) is 1. The van der Waals surface area contributed by atoms with E-state index >= 15 is 0 Å². The van der Waals surface area contributed by atoms with Gasteiger partial charge in [-0.1, -0.05) is 28.1 Å². The van der Waals surface area contributed by atoms with Crippen LogP contribution in [0.15, 0.2) is 30.3 Å². The molecule has 1 atom stereocenters. The summed E-state index contributed by atoms with van der Waals surface area (Å²) in [6.07, 6.45) is 0.535. The number of aromatic nitrogens is 2. The Labute approximate surface area is 124 Å². The molecule has 6 heteroatoms. The molecule has 0 spiro atoms. The van der Waals surface area contributed by atoms with Crippen LogP contribution in [-0.4, -0.2) is 28.0 Å². The second-order valence-corrected chi connectivity index (χ2v) is 5.53. The van der Waals surface area contributed by atoms with E-state index in [-0.39, 0.29) is 11.7 Å². The number of alkyl halides is 1. The lowest BCUT2D eigenvalue weighted by Crippen LogP contribution is -2.24. The zero-order chi connectivity index (χ0) is 14.1. The molecule has 1 fully saturated rings. The summed E-state index contributed by atoms with van der Waals surface area (Å²) in [5, 5.41) is 7.83. The lowest BCUT2D eigenvalue weighted by molar-refractivity contribution is -0.117. The fraction of sp³-hybridized carbons (Fsp3) is 0.286. The van der Waals surface area contributed by atoms with Gasteiger partial charge in [0.2, 0.25) is 5.91 Å². The maximum absolute atomic E-state index is 13.2. The highest BCUT2D eigenvalue weighted by atomic mass is 79.9. The van der Waals surface area contributed by atoms with Crippen LogP contribution in [-0.2, 0) is 4.79 Å². The van der Waals surface area contributed by atoms with E-state index in [1.54, 1.807) is 23.1 Å². The minimum atomic E-state index is -0.296. The molecule has 1 N–H and O–H groups in total. The maximum atomic E-state index is 13.2. The van der Waals surface area contributed by atoms with Crippen LogP contribution in [0.1, 0.15) is 6.42 Å². The lowest BCUT2D eigenvalue weighted by Gasteiger charge is -2.11. The van der Waals surface area contributed by atoms with Gasteiger partial charge in [-0.15, -0.1) is 0 Å². The van der Waals surface area contributed by atoms with Gasteiger partial charge in [-0.2, -0.15) is 5.10 Å². The first-order valence-corrected chi connectivity index (χ1v) is 7.47. The van der Waals surface area contributed by atoms with Gasteiger partial charge in [-0.25, -0.2) is 4.39 Å². The number of nitrogens with zero attached hydrogens (tertiary/aromatic N) is 2. The number of nitrogens with one attached hydrogen (secondary N) is 1. The topological polar surface area (TPSA) is 49.0 Å². The van der Waals surface area contributed by atoms with Crippen LogP contribution in [0.4, 0.5) is 10.2 Å². The number of carbonyl (C=O) groups excluding carboxylic acids is 1. The number of halogens is 2. The molecule has 2 aromatic rings. The average molecular weight is 338 g/mol. The van der Waals surface area contributed by atoms with Crippen molar-refractivity contribution in [3.05, 3.63) is 36.1 Å². The Morgan fingerprint density at radius 2 is 2.30 bits per heavy atom. The molecule has 1 aliphatic rings. The molecule has 20 heavy (non-hydrogen) atoms. The Hall–Kier alpha value is -1.69. The maximum Gasteiger partial charge on any atom is 0.228 e. The molecule has 1 saturated heterocycles. The predicted molar refractivity (Wildman–Crippen MR) is 78.2 cm³/mol. The van der Waals surface area contributed by atoms with Gasteiger partial charge in [0.25, 0.3) is 0 Å². The molecule has 1 aromatic carbocycles. The third-order valence-electron chi connectivity index (χ3n) is 3.40. The minimum Gasteiger partial charge on any atom is -0.295 e. The molecular weight excluding hydrogens is 325 g/mol. The lowest BCUT2D eigenvalue weighted by atomic mass is 10.1. The number of amides is 1. The standard InChI is InChI=1S/C14H13BrFN3O/c15-7-9-4-14(20)19(8-9)13-6-12(17-18-13)10-2-1-3-11(16)5-10/h1-3,5-6,9H,4,7-8H2,(H,17,18). The van der Waals surface area contributed by atoms with Gasteiger partial charge in [0, 0.05) is 29.9 Å². The average Bonchev–Trinajstić information content (AvgIpc) is 3.05. The Morgan fingerprint density at radius 3 is 3.00 bits per heavy atom. The number of aromatic amines is 1. The molecule has 0 bridgehead atoms. The first kappa shape index (κ1) is 13.3. The van der Waals surface area contributed by atoms with E-state index in [1.807, 2.05) is 0 Å². The van der Waals surface area contributed by atoms with E-state index in [1.165, 1.54) is 12.1 Å². The summed E-state index contributed by atoms with van der Waals surface area (Å²) >= 11 is 3.40. The predicted octanol–water partition coefficient (Wildman–Crippen LogP) is 2.96. The zero-order valence-electron chi connectivity index (χ0n) is 10.6. The van der Waals surface area contributed by atoms with E-state index in [0.717, 1.165) is 5.33 Å². The highest BCUT2D eigenvalue weighted by molar-refractivity contribution is 9.09. The van der Waals surface area contributed by atoms with Gasteiger partial charge >= 0.3 is 0 Å². The fourth-order valence-electron chi connectivity index (χ4n) is 2.36. The Bertz CT molecular complexity index is 643. The monoisotopic (exact) mass is 337 g/mol. The van der Waals surface area contributed by atoms with E-state index in [4.69, 9.17) is 0 Å². The molecule has 1 unspecified atom stereocenters. The SMILES string of the molecule is O=C1CC(CBr)CN1c1cc(-c2cccc(F)c2)[nH]n1. The summed E-state index contributed by atoms with van der Waals surface area (Å²) in [6.45, 7) is 0.664. The van der Waals surface area contributed by atoms with Crippen LogP contribution >= 0.6 is 15.9 Å². The molecule has 0 saturated carbocycles. The van der Waals surface area contributed by atoms with Crippen LogP contribution in [0.25, 0.3) is 11.3 Å². The van der Waals surface area contributed by atoms with E-state index < -0.39 is 0 Å². The Balaban J connectivity index is 1.86. The molecule has 0 aliphatic carbocycles. The summed E-state index contributed by atoms with van der Waals surface area (Å²) < 4.78 is 13.2. The molecule has 4 nitrogen and oxygen atoms in total. The van der Waals surface area contributed by atoms with Crippen molar-refractivity contribution >= 4 is 27.7 Å². The van der Waals surface area contributed by atoms with Gasteiger partial charge in [-0.3, -0.25) is 14.8 Å². The highest BCUT2D eigenvalue weighted by Crippen LogP contribution is 2.28. The first-order chi connectivity index (χ1) is 9.67. The van der Waals surface area contributed by atoms with Crippen molar-refractivity contribution in [3.8, 4) is 11.3 Å². The number of H-pyrrole nitrogens is 1. The highest BCUT2D eigenvalue weighted by Gasteiger charge is 2.31. The van der Waals surface area contributed by atoms with Crippen LogP contribution in [0.5, 0.6) is 0 Å². The van der Waals surface area contributed by atoms with Crippen molar-refractivity contribution in [1.82, 2.24) is 10.2 Å². The van der Waals surface area contributed by atoms with Crippen LogP contribution in [0, 0.1) is 11.7 Å². The van der Waals surface area contributed by atoms with Crippen LogP contribution in [0.3, 0.4) is 0 Å². The van der Waals surface area contributed by atoms with Crippen molar-refractivity contribution in [2.75, 3.05) is 16.8 Å². The number of rotatable bonds is 3. The largest absolute Gasteiger partial charge is 0.295 e. The normalized spacial score (nSPS) is 18.8. The third kappa shape index (κ3) is 2.47. The molecular formula is C14H13BrFN3O. The van der Waals surface area contributed by atoms with Gasteiger partial charge in [0.1, 0.15) is 5.82 Å². The molecule has 1 amide bonds. The molecule has 104 valence electrons. The smallest absolute Gasteiger partial charge is 0.228 e. The first-order valence-electron chi connectivity index (χ1n) is 6.35. The fourth-order valence-corrected chi connectivity index (χ4v) is 2.79. The molecule has 3 rings (SSSR count). The molecule has 1 aliphatic heterocycles. The van der Waals surface area contributed by atoms with Crippen molar-refractivity contribution in [2.45, 2.75) is 6.42 Å². The summed E-state index contributed by atoms with van der Waals surface area (Å²) in [4.78, 5) is 13.6. The summed E-state index contributed by atoms with van der Waals surface area (Å²) in [7, 11) is 0. The van der Waals surface area contributed by atoms with Gasteiger partial charge in [0.05, 0.1) is 5.69 Å². The number of anilines is 1. The van der Waals surface area contributed by atoms with Crippen molar-refractivity contribution < 1.29 is 9.18 Å². The van der Waals surface area contributed by atoms with Gasteiger partial charge in [0.15, 0.2) is 5.82 Å². The third-order valence-corrected chi connectivity index (χ3v) is 4.32. The summed E-state index contributed by atoms with van der Waals surface area (Å²) in [5.74, 6) is 0.691. The van der Waals surface area contributed by atoms with Crippen molar-refractivity contribution in [2.24, 2.45) is 5.92 Å². The molecule has 0 radical (unpaired) electrons. The molecule has 2 heterocycles. The van der Waals surface area contributed by atoms with E-state index in [9.17, 15) is 9.18 Å². The number of benzene rings is 1. The Morgan fingerprint density at radius 1 is 1.45 bits per heavy atom. The van der Waals surface area contributed by atoms with E-state index in [2.05, 4.69) is 26.1 Å². The summed E-state index contributed by atoms with van der Waals surface area (Å²) in [5.41, 5.74) is 1.42. The minimum absolute atomic E-state index is 0.0757. The van der Waals surface area contributed by atoms with Crippen LogP contribution in [0.2, 0.25) is 0 Å². The van der Waals surface area contributed by atoms with E-state index in [0.29, 0.717) is 36.0 Å². The van der Waals surface area contributed by atoms with Gasteiger partial charge < -0.3 is 0 Å². The quantitative estimate of drug-likeness (QED) is 0.875. The van der Waals surface area contributed by atoms with Crippen LogP contribution < -0.4 is 4.90 Å². The van der Waals surface area contributed by atoms with Gasteiger partial charge in [-0.05, 0) is 18.1 Å². The number of hydrogen-bond acceptors (Lipinski definition) is 2. The van der Waals surface area contributed by atoms with Crippen molar-refractivity contribution in [1.29, 1.82) is 0 Å². The zero-order valence-corrected chi connectivity index (χ0v) is 12.2.